The smallest absolute Gasteiger partial charge is 0.253 e. The molecular formula is C15H18N2O4. The van der Waals surface area contributed by atoms with Crippen LogP contribution in [0.3, 0.4) is 0 Å². The van der Waals surface area contributed by atoms with Gasteiger partial charge in [0.15, 0.2) is 0 Å². The highest BCUT2D eigenvalue weighted by Crippen LogP contribution is 2.33. The molecule has 0 radical (unpaired) electrons. The van der Waals surface area contributed by atoms with Gasteiger partial charge in [0, 0.05) is 19.3 Å². The van der Waals surface area contributed by atoms with Gasteiger partial charge < -0.3 is 19.7 Å². The molecule has 2 aliphatic rings. The molecule has 0 saturated carbocycles. The number of amides is 2. The van der Waals surface area contributed by atoms with E-state index in [-0.39, 0.29) is 17.9 Å². The Morgan fingerprint density at radius 2 is 2.24 bits per heavy atom. The normalized spacial score (nSPS) is 21.5. The first kappa shape index (κ1) is 13.9. The maximum absolute atomic E-state index is 12.0. The van der Waals surface area contributed by atoms with E-state index in [2.05, 4.69) is 5.32 Å². The van der Waals surface area contributed by atoms with Crippen LogP contribution in [0.1, 0.15) is 19.3 Å². The van der Waals surface area contributed by atoms with Crippen LogP contribution in [-0.2, 0) is 14.3 Å². The lowest BCUT2D eigenvalue weighted by atomic mass is 10.2. The van der Waals surface area contributed by atoms with Crippen LogP contribution >= 0.6 is 0 Å². The average molecular weight is 290 g/mol. The summed E-state index contributed by atoms with van der Waals surface area (Å²) in [4.78, 5) is 25.5. The Labute approximate surface area is 123 Å². The van der Waals surface area contributed by atoms with Crippen LogP contribution in [-0.4, -0.2) is 38.2 Å². The molecule has 1 saturated heterocycles. The number of rotatable bonds is 2. The van der Waals surface area contributed by atoms with Gasteiger partial charge in [0.05, 0.1) is 18.7 Å². The Hall–Kier alpha value is -2.08. The Kier molecular flexibility index (Phi) is 3.79. The van der Waals surface area contributed by atoms with Gasteiger partial charge in [-0.05, 0) is 31.0 Å². The summed E-state index contributed by atoms with van der Waals surface area (Å²) in [6, 6.07) is 5.30. The van der Waals surface area contributed by atoms with Crippen LogP contribution in [0.15, 0.2) is 18.2 Å². The molecule has 0 aromatic heterocycles. The lowest BCUT2D eigenvalue weighted by Crippen LogP contribution is -2.27. The summed E-state index contributed by atoms with van der Waals surface area (Å²) < 4.78 is 10.9. The fourth-order valence-corrected chi connectivity index (χ4v) is 2.54. The molecule has 112 valence electrons. The third kappa shape index (κ3) is 2.85. The van der Waals surface area contributed by atoms with Crippen LogP contribution in [0.25, 0.3) is 0 Å². The second kappa shape index (κ2) is 5.73. The van der Waals surface area contributed by atoms with Gasteiger partial charge in [-0.2, -0.15) is 0 Å². The van der Waals surface area contributed by atoms with E-state index in [0.717, 1.165) is 12.8 Å². The van der Waals surface area contributed by atoms with Crippen molar-refractivity contribution in [2.24, 2.45) is 0 Å². The predicted octanol–water partition coefficient (Wildman–Crippen LogP) is 1.55. The van der Waals surface area contributed by atoms with E-state index in [1.165, 1.54) is 0 Å². The number of fused-ring (bicyclic) bond motifs is 1. The molecule has 1 aromatic carbocycles. The molecule has 2 amide bonds. The first-order valence-corrected chi connectivity index (χ1v) is 7.11. The zero-order valence-corrected chi connectivity index (χ0v) is 11.9. The lowest BCUT2D eigenvalue weighted by Gasteiger charge is -2.18. The second-order valence-electron chi connectivity index (χ2n) is 5.22. The summed E-state index contributed by atoms with van der Waals surface area (Å²) in [6.45, 7) is 1.01. The maximum Gasteiger partial charge on any atom is 0.253 e. The van der Waals surface area contributed by atoms with Gasteiger partial charge in [0.2, 0.25) is 5.91 Å². The average Bonchev–Trinajstić information content (AvgIpc) is 2.97. The van der Waals surface area contributed by atoms with Crippen molar-refractivity contribution in [3.05, 3.63) is 18.2 Å². The maximum atomic E-state index is 12.0. The number of hydrogen-bond acceptors (Lipinski definition) is 4. The van der Waals surface area contributed by atoms with Gasteiger partial charge in [-0.3, -0.25) is 9.59 Å². The molecule has 1 aromatic rings. The number of carbonyl (C=O) groups excluding carboxylic acids is 2. The van der Waals surface area contributed by atoms with Crippen molar-refractivity contribution in [3.63, 3.8) is 0 Å². The van der Waals surface area contributed by atoms with E-state index >= 15 is 0 Å². The molecule has 2 heterocycles. The fraction of sp³-hybridized carbons (Fsp3) is 0.467. The number of carbonyl (C=O) groups is 2. The Bertz CT molecular complexity index is 567. The van der Waals surface area contributed by atoms with Crippen molar-refractivity contribution >= 4 is 23.2 Å². The summed E-state index contributed by atoms with van der Waals surface area (Å²) in [7, 11) is 1.71. The van der Waals surface area contributed by atoms with Crippen LogP contribution in [0.2, 0.25) is 0 Å². The van der Waals surface area contributed by atoms with Crippen LogP contribution in [0.4, 0.5) is 11.4 Å². The molecule has 1 atom stereocenters. The summed E-state index contributed by atoms with van der Waals surface area (Å²) in [5, 5.41) is 2.83. The second-order valence-corrected chi connectivity index (χ2v) is 5.22. The molecule has 2 aliphatic heterocycles. The molecule has 3 rings (SSSR count). The van der Waals surface area contributed by atoms with Gasteiger partial charge >= 0.3 is 0 Å². The molecule has 1 unspecified atom stereocenters. The first-order valence-electron chi connectivity index (χ1n) is 7.11. The monoisotopic (exact) mass is 290 g/mol. The number of nitrogens with zero attached hydrogens (tertiary/aromatic N) is 1. The Balaban J connectivity index is 1.80. The van der Waals surface area contributed by atoms with E-state index in [9.17, 15) is 9.59 Å². The van der Waals surface area contributed by atoms with E-state index in [0.29, 0.717) is 36.8 Å². The summed E-state index contributed by atoms with van der Waals surface area (Å²) in [6.07, 6.45) is 1.63. The van der Waals surface area contributed by atoms with Gasteiger partial charge in [0.25, 0.3) is 5.91 Å². The minimum Gasteiger partial charge on any atom is -0.491 e. The van der Waals surface area contributed by atoms with Crippen LogP contribution < -0.4 is 15.0 Å². The summed E-state index contributed by atoms with van der Waals surface area (Å²) >= 11 is 0. The van der Waals surface area contributed by atoms with Gasteiger partial charge in [0.1, 0.15) is 11.9 Å². The zero-order chi connectivity index (χ0) is 14.8. The van der Waals surface area contributed by atoms with Crippen molar-refractivity contribution < 1.29 is 19.1 Å². The quantitative estimate of drug-likeness (QED) is 0.897. The van der Waals surface area contributed by atoms with Crippen molar-refractivity contribution in [1.29, 1.82) is 0 Å². The zero-order valence-electron chi connectivity index (χ0n) is 11.9. The standard InChI is InChI=1S/C15H18N2O4/c1-17-11-9-10(16-15(19)13-3-2-7-20-13)4-5-12(11)21-8-6-14(17)18/h4-5,9,13H,2-3,6-8H2,1H3,(H,16,19). The molecule has 0 bridgehead atoms. The molecule has 0 spiro atoms. The van der Waals surface area contributed by atoms with Crippen molar-refractivity contribution in [2.45, 2.75) is 25.4 Å². The number of anilines is 2. The number of ether oxygens (including phenoxy) is 2. The largest absolute Gasteiger partial charge is 0.491 e. The third-order valence-corrected chi connectivity index (χ3v) is 3.76. The predicted molar refractivity (Wildman–Crippen MR) is 77.6 cm³/mol. The number of nitrogens with one attached hydrogen (secondary N) is 1. The molecule has 1 fully saturated rings. The fourth-order valence-electron chi connectivity index (χ4n) is 2.54. The summed E-state index contributed by atoms with van der Waals surface area (Å²) in [5.41, 5.74) is 1.31. The Morgan fingerprint density at radius 1 is 1.38 bits per heavy atom. The van der Waals surface area contributed by atoms with Gasteiger partial charge in [-0.15, -0.1) is 0 Å². The topological polar surface area (TPSA) is 67.9 Å². The summed E-state index contributed by atoms with van der Waals surface area (Å²) in [5.74, 6) is 0.505. The van der Waals surface area contributed by atoms with E-state index < -0.39 is 0 Å². The minimum absolute atomic E-state index is 0.00338. The minimum atomic E-state index is -0.376. The molecule has 0 aliphatic carbocycles. The highest BCUT2D eigenvalue weighted by atomic mass is 16.5. The molecule has 6 heteroatoms. The van der Waals surface area contributed by atoms with Crippen LogP contribution in [0, 0.1) is 0 Å². The van der Waals surface area contributed by atoms with E-state index in [1.54, 1.807) is 30.1 Å². The van der Waals surface area contributed by atoms with Gasteiger partial charge in [-0.25, -0.2) is 0 Å². The Morgan fingerprint density at radius 3 is 3.00 bits per heavy atom. The van der Waals surface area contributed by atoms with Crippen molar-refractivity contribution in [3.8, 4) is 5.75 Å². The van der Waals surface area contributed by atoms with E-state index in [1.807, 2.05) is 0 Å². The highest BCUT2D eigenvalue weighted by Gasteiger charge is 2.25. The highest BCUT2D eigenvalue weighted by molar-refractivity contribution is 5.98. The van der Waals surface area contributed by atoms with Crippen LogP contribution in [0.5, 0.6) is 5.75 Å². The molecule has 6 nitrogen and oxygen atoms in total. The third-order valence-electron chi connectivity index (χ3n) is 3.76. The van der Waals surface area contributed by atoms with Gasteiger partial charge in [-0.1, -0.05) is 0 Å². The molecule has 1 N–H and O–H groups in total. The van der Waals surface area contributed by atoms with E-state index in [4.69, 9.17) is 9.47 Å². The van der Waals surface area contributed by atoms with Crippen molar-refractivity contribution in [2.75, 3.05) is 30.5 Å². The lowest BCUT2D eigenvalue weighted by molar-refractivity contribution is -0.124. The first-order chi connectivity index (χ1) is 10.1. The molecule has 21 heavy (non-hydrogen) atoms. The SMILES string of the molecule is CN1C(=O)CCOc2ccc(NC(=O)C3CCCO3)cc21. The number of hydrogen-bond donors (Lipinski definition) is 1. The van der Waals surface area contributed by atoms with Crippen molar-refractivity contribution in [1.82, 2.24) is 0 Å². The molecular weight excluding hydrogens is 272 g/mol. The number of benzene rings is 1.